The van der Waals surface area contributed by atoms with E-state index in [1.54, 1.807) is 54.6 Å². The zero-order chi connectivity index (χ0) is 23.3. The van der Waals surface area contributed by atoms with Crippen LogP contribution in [0.5, 0.6) is 5.75 Å². The summed E-state index contributed by atoms with van der Waals surface area (Å²) in [5.74, 6) is -0.0216. The number of ether oxygens (including phenoxy) is 1. The van der Waals surface area contributed by atoms with Crippen molar-refractivity contribution in [2.24, 2.45) is 5.73 Å². The summed E-state index contributed by atoms with van der Waals surface area (Å²) in [6.07, 6.45) is 1.16. The first-order valence-corrected chi connectivity index (χ1v) is 10.1. The fraction of sp³-hybridized carbons (Fsp3) is 0.174. The van der Waals surface area contributed by atoms with E-state index in [9.17, 15) is 9.59 Å². The molecule has 0 saturated heterocycles. The van der Waals surface area contributed by atoms with Crippen molar-refractivity contribution in [3.8, 4) is 5.75 Å². The van der Waals surface area contributed by atoms with Gasteiger partial charge in [0.05, 0.1) is 29.5 Å². The zero-order valence-electron chi connectivity index (χ0n) is 17.9. The van der Waals surface area contributed by atoms with Gasteiger partial charge in [0, 0.05) is 11.8 Å². The van der Waals surface area contributed by atoms with Crippen molar-refractivity contribution in [3.05, 3.63) is 82.5 Å². The van der Waals surface area contributed by atoms with Crippen LogP contribution in [0, 0.1) is 0 Å². The number of anilines is 2. The summed E-state index contributed by atoms with van der Waals surface area (Å²) in [6, 6.07) is 15.0. The Bertz CT molecular complexity index is 1100. The van der Waals surface area contributed by atoms with Crippen molar-refractivity contribution >= 4 is 34.9 Å². The van der Waals surface area contributed by atoms with Gasteiger partial charge in [-0.3, -0.25) is 14.5 Å². The van der Waals surface area contributed by atoms with Crippen LogP contribution in [0.3, 0.4) is 0 Å². The van der Waals surface area contributed by atoms with E-state index in [1.807, 2.05) is 19.0 Å². The van der Waals surface area contributed by atoms with Gasteiger partial charge < -0.3 is 21.1 Å². The fourth-order valence-electron chi connectivity index (χ4n) is 2.90. The number of amides is 2. The Labute approximate surface area is 191 Å². The minimum atomic E-state index is -0.457. The van der Waals surface area contributed by atoms with E-state index in [4.69, 9.17) is 22.1 Å². The van der Waals surface area contributed by atoms with Crippen LogP contribution in [-0.2, 0) is 0 Å². The predicted octanol–water partition coefficient (Wildman–Crippen LogP) is 3.77. The van der Waals surface area contributed by atoms with Crippen LogP contribution in [0.1, 0.15) is 32.4 Å². The minimum absolute atomic E-state index is 0.223. The lowest BCUT2D eigenvalue weighted by Crippen LogP contribution is -2.27. The topological polar surface area (TPSA) is 110 Å². The summed E-state index contributed by atoms with van der Waals surface area (Å²) in [5.41, 5.74) is 7.96. The van der Waals surface area contributed by atoms with Gasteiger partial charge in [0.1, 0.15) is 11.6 Å². The molecule has 3 rings (SSSR count). The predicted molar refractivity (Wildman–Crippen MR) is 125 cm³/mol. The quantitative estimate of drug-likeness (QED) is 0.470. The van der Waals surface area contributed by atoms with Gasteiger partial charge >= 0.3 is 0 Å². The maximum Gasteiger partial charge on any atom is 0.259 e. The number of nitrogens with one attached hydrogen (secondary N) is 2. The Morgan fingerprint density at radius 2 is 1.75 bits per heavy atom. The summed E-state index contributed by atoms with van der Waals surface area (Å²) in [7, 11) is 5.25. The lowest BCUT2D eigenvalue weighted by Gasteiger charge is -2.20. The molecular weight excluding hydrogens is 430 g/mol. The average Bonchev–Trinajstić information content (AvgIpc) is 2.80. The molecule has 2 amide bonds. The largest absolute Gasteiger partial charge is 0.497 e. The number of carbonyl (C=O) groups excluding carboxylic acids is 2. The summed E-state index contributed by atoms with van der Waals surface area (Å²) < 4.78 is 5.23. The third-order valence-corrected chi connectivity index (χ3v) is 4.98. The van der Waals surface area contributed by atoms with E-state index in [1.165, 1.54) is 13.3 Å². The average molecular weight is 454 g/mol. The number of carbonyl (C=O) groups is 2. The molecule has 0 bridgehead atoms. The molecule has 2 aromatic carbocycles. The fourth-order valence-corrected chi connectivity index (χ4v) is 3.02. The Balaban J connectivity index is 1.82. The van der Waals surface area contributed by atoms with Crippen LogP contribution < -0.4 is 21.1 Å². The molecule has 1 heterocycles. The lowest BCUT2D eigenvalue weighted by atomic mass is 10.1. The van der Waals surface area contributed by atoms with Gasteiger partial charge in [-0.05, 0) is 62.1 Å². The Morgan fingerprint density at radius 3 is 2.34 bits per heavy atom. The van der Waals surface area contributed by atoms with Crippen LogP contribution in [0.15, 0.2) is 60.8 Å². The number of methoxy groups -OCH3 is 1. The van der Waals surface area contributed by atoms with Gasteiger partial charge in [-0.1, -0.05) is 23.7 Å². The number of nitrogens with zero attached hydrogens (tertiary/aromatic N) is 2. The second kappa shape index (κ2) is 10.2. The number of pyridine rings is 1. The molecule has 0 aliphatic carbocycles. The van der Waals surface area contributed by atoms with Crippen molar-refractivity contribution in [1.82, 2.24) is 9.88 Å². The molecule has 0 aliphatic rings. The maximum atomic E-state index is 12.9. The normalized spacial score (nSPS) is 11.7. The number of aromatic nitrogens is 1. The molecule has 9 heteroatoms. The second-order valence-corrected chi connectivity index (χ2v) is 7.65. The molecule has 166 valence electrons. The van der Waals surface area contributed by atoms with Gasteiger partial charge in [0.2, 0.25) is 0 Å². The molecule has 1 atom stereocenters. The standard InChI is InChI=1S/C23H24ClN5O3/c1-29(2)21(25)14-4-6-15(7-5-14)22(30)27-19-10-9-17(32-3)12-18(19)23(31)28-20-11-8-16(24)13-26-20/h4-13,21H,25H2,1-3H3,(H,27,30)(H,26,28,31). The molecule has 0 aliphatic heterocycles. The number of halogens is 1. The monoisotopic (exact) mass is 453 g/mol. The van der Waals surface area contributed by atoms with Crippen molar-refractivity contribution in [2.45, 2.75) is 6.17 Å². The van der Waals surface area contributed by atoms with Crippen molar-refractivity contribution in [2.75, 3.05) is 31.8 Å². The highest BCUT2D eigenvalue weighted by atomic mass is 35.5. The zero-order valence-corrected chi connectivity index (χ0v) is 18.7. The van der Waals surface area contributed by atoms with Gasteiger partial charge in [0.25, 0.3) is 11.8 Å². The number of nitrogens with two attached hydrogens (primary N) is 1. The highest BCUT2D eigenvalue weighted by Crippen LogP contribution is 2.24. The van der Waals surface area contributed by atoms with E-state index >= 15 is 0 Å². The first-order chi connectivity index (χ1) is 15.3. The Morgan fingerprint density at radius 1 is 1.03 bits per heavy atom. The number of hydrogen-bond acceptors (Lipinski definition) is 6. The molecule has 0 spiro atoms. The molecule has 4 N–H and O–H groups in total. The molecule has 1 aromatic heterocycles. The maximum absolute atomic E-state index is 12.9. The summed E-state index contributed by atoms with van der Waals surface area (Å²) >= 11 is 5.84. The first-order valence-electron chi connectivity index (χ1n) is 9.72. The Hall–Kier alpha value is -3.46. The number of benzene rings is 2. The second-order valence-electron chi connectivity index (χ2n) is 7.21. The minimum Gasteiger partial charge on any atom is -0.497 e. The third kappa shape index (κ3) is 5.61. The molecule has 0 fully saturated rings. The smallest absolute Gasteiger partial charge is 0.259 e. The third-order valence-electron chi connectivity index (χ3n) is 4.76. The molecular formula is C23H24ClN5O3. The molecule has 0 radical (unpaired) electrons. The molecule has 8 nitrogen and oxygen atoms in total. The molecule has 1 unspecified atom stereocenters. The number of rotatable bonds is 7. The van der Waals surface area contributed by atoms with Crippen LogP contribution in [0.25, 0.3) is 0 Å². The first kappa shape index (κ1) is 23.2. The van der Waals surface area contributed by atoms with E-state index < -0.39 is 5.91 Å². The van der Waals surface area contributed by atoms with E-state index in [2.05, 4.69) is 15.6 Å². The van der Waals surface area contributed by atoms with E-state index in [0.717, 1.165) is 5.56 Å². The van der Waals surface area contributed by atoms with E-state index in [-0.39, 0.29) is 17.6 Å². The molecule has 0 saturated carbocycles. The van der Waals surface area contributed by atoms with Crippen molar-refractivity contribution < 1.29 is 14.3 Å². The molecule has 32 heavy (non-hydrogen) atoms. The van der Waals surface area contributed by atoms with Crippen molar-refractivity contribution in [1.29, 1.82) is 0 Å². The van der Waals surface area contributed by atoms with Crippen LogP contribution in [0.2, 0.25) is 5.02 Å². The van der Waals surface area contributed by atoms with Crippen molar-refractivity contribution in [3.63, 3.8) is 0 Å². The summed E-state index contributed by atoms with van der Waals surface area (Å²) in [5, 5.41) is 5.93. The molecule has 3 aromatic rings. The highest BCUT2D eigenvalue weighted by molar-refractivity contribution is 6.30. The van der Waals surface area contributed by atoms with Crippen LogP contribution in [-0.4, -0.2) is 42.9 Å². The van der Waals surface area contributed by atoms with Gasteiger partial charge in [-0.25, -0.2) is 4.98 Å². The van der Waals surface area contributed by atoms with E-state index in [0.29, 0.717) is 27.8 Å². The summed E-state index contributed by atoms with van der Waals surface area (Å²) in [4.78, 5) is 31.6. The lowest BCUT2D eigenvalue weighted by molar-refractivity contribution is 0.102. The van der Waals surface area contributed by atoms with Gasteiger partial charge in [-0.2, -0.15) is 0 Å². The Kier molecular flexibility index (Phi) is 7.42. The van der Waals surface area contributed by atoms with Gasteiger partial charge in [0.15, 0.2) is 0 Å². The van der Waals surface area contributed by atoms with Crippen LogP contribution in [0.4, 0.5) is 11.5 Å². The SMILES string of the molecule is COc1ccc(NC(=O)c2ccc(C(N)N(C)C)cc2)c(C(=O)Nc2ccc(Cl)cn2)c1. The summed E-state index contributed by atoms with van der Waals surface area (Å²) in [6.45, 7) is 0. The van der Waals surface area contributed by atoms with Crippen LogP contribution >= 0.6 is 11.6 Å². The van der Waals surface area contributed by atoms with Gasteiger partial charge in [-0.15, -0.1) is 0 Å². The number of hydrogen-bond donors (Lipinski definition) is 3. The highest BCUT2D eigenvalue weighted by Gasteiger charge is 2.17.